The summed E-state index contributed by atoms with van der Waals surface area (Å²) in [5, 5.41) is 4.15. The minimum Gasteiger partial charge on any atom is -0.339 e. The van der Waals surface area contributed by atoms with E-state index >= 15 is 0 Å². The highest BCUT2D eigenvalue weighted by atomic mass is 32.1. The molecule has 1 aromatic carbocycles. The molecule has 96 valence electrons. The average molecular weight is 273 g/mol. The number of hydrogen-bond acceptors (Lipinski definition) is 4. The van der Waals surface area contributed by atoms with Crippen LogP contribution in [0.2, 0.25) is 0 Å². The summed E-state index contributed by atoms with van der Waals surface area (Å²) in [4.78, 5) is 10.6. The van der Waals surface area contributed by atoms with Crippen LogP contribution in [0.4, 0.5) is 15.9 Å². The highest BCUT2D eigenvalue weighted by molar-refractivity contribution is 7.18. The van der Waals surface area contributed by atoms with Crippen molar-refractivity contribution in [2.24, 2.45) is 0 Å². The predicted molar refractivity (Wildman–Crippen MR) is 76.6 cm³/mol. The van der Waals surface area contributed by atoms with Gasteiger partial charge in [0.1, 0.15) is 22.8 Å². The van der Waals surface area contributed by atoms with Crippen LogP contribution in [0.3, 0.4) is 0 Å². The Hall–Kier alpha value is -2.01. The topological polar surface area (TPSA) is 37.8 Å². The van der Waals surface area contributed by atoms with E-state index in [-0.39, 0.29) is 5.82 Å². The van der Waals surface area contributed by atoms with Gasteiger partial charge in [0.2, 0.25) is 0 Å². The Morgan fingerprint density at radius 3 is 2.84 bits per heavy atom. The van der Waals surface area contributed by atoms with Gasteiger partial charge in [0.15, 0.2) is 0 Å². The third kappa shape index (κ3) is 2.29. The molecular weight excluding hydrogens is 261 g/mol. The summed E-state index contributed by atoms with van der Waals surface area (Å²) in [5.41, 5.74) is 1.70. The van der Waals surface area contributed by atoms with Gasteiger partial charge in [-0.05, 0) is 37.6 Å². The fraction of sp³-hybridized carbons (Fsp3) is 0.143. The molecule has 0 aliphatic rings. The number of hydrogen-bond donors (Lipinski definition) is 1. The maximum absolute atomic E-state index is 13.3. The zero-order valence-electron chi connectivity index (χ0n) is 10.6. The van der Waals surface area contributed by atoms with Crippen molar-refractivity contribution >= 4 is 33.1 Å². The van der Waals surface area contributed by atoms with Crippen molar-refractivity contribution in [1.29, 1.82) is 0 Å². The van der Waals surface area contributed by atoms with Crippen LogP contribution in [0.1, 0.15) is 10.4 Å². The molecule has 0 spiro atoms. The molecule has 0 amide bonds. The first-order valence-corrected chi connectivity index (χ1v) is 6.69. The molecule has 5 heteroatoms. The standard InChI is InChI=1S/C14H12FN3S/c1-8-3-4-10(15)6-12(8)18-13-11-5-9(2)19-14(11)17-7-16-13/h3-7H,1-2H3,(H,16,17,18). The number of rotatable bonds is 2. The van der Waals surface area contributed by atoms with Crippen molar-refractivity contribution < 1.29 is 4.39 Å². The third-order valence-electron chi connectivity index (χ3n) is 2.91. The lowest BCUT2D eigenvalue weighted by atomic mass is 10.2. The van der Waals surface area contributed by atoms with Gasteiger partial charge in [0, 0.05) is 10.6 Å². The first kappa shape index (κ1) is 12.0. The van der Waals surface area contributed by atoms with Crippen LogP contribution in [0.25, 0.3) is 10.2 Å². The van der Waals surface area contributed by atoms with Crippen LogP contribution in [0.5, 0.6) is 0 Å². The molecule has 0 fully saturated rings. The van der Waals surface area contributed by atoms with Crippen LogP contribution < -0.4 is 5.32 Å². The summed E-state index contributed by atoms with van der Waals surface area (Å²) < 4.78 is 13.3. The zero-order valence-corrected chi connectivity index (χ0v) is 11.4. The number of aryl methyl sites for hydroxylation is 2. The molecule has 3 nitrogen and oxygen atoms in total. The Labute approximate surface area is 114 Å². The fourth-order valence-electron chi connectivity index (χ4n) is 1.93. The van der Waals surface area contributed by atoms with Crippen molar-refractivity contribution in [3.63, 3.8) is 0 Å². The first-order chi connectivity index (χ1) is 9.13. The van der Waals surface area contributed by atoms with E-state index in [1.54, 1.807) is 17.4 Å². The molecule has 0 saturated heterocycles. The Balaban J connectivity index is 2.08. The van der Waals surface area contributed by atoms with E-state index in [9.17, 15) is 4.39 Å². The fourth-order valence-corrected chi connectivity index (χ4v) is 2.78. The lowest BCUT2D eigenvalue weighted by molar-refractivity contribution is 0.628. The van der Waals surface area contributed by atoms with Gasteiger partial charge in [-0.15, -0.1) is 11.3 Å². The lowest BCUT2D eigenvalue weighted by Gasteiger charge is -2.09. The molecule has 0 aliphatic heterocycles. The Kier molecular flexibility index (Phi) is 2.91. The van der Waals surface area contributed by atoms with Gasteiger partial charge in [-0.25, -0.2) is 14.4 Å². The Bertz CT molecular complexity index is 752. The molecule has 0 atom stereocenters. The molecule has 0 saturated carbocycles. The van der Waals surface area contributed by atoms with E-state index in [0.717, 1.165) is 21.5 Å². The number of fused-ring (bicyclic) bond motifs is 1. The summed E-state index contributed by atoms with van der Waals surface area (Å²) in [6.45, 7) is 3.96. The molecule has 0 aliphatic carbocycles. The Morgan fingerprint density at radius 2 is 2.00 bits per heavy atom. The molecule has 19 heavy (non-hydrogen) atoms. The van der Waals surface area contributed by atoms with Crippen molar-refractivity contribution in [2.75, 3.05) is 5.32 Å². The van der Waals surface area contributed by atoms with Crippen molar-refractivity contribution in [1.82, 2.24) is 9.97 Å². The number of halogens is 1. The largest absolute Gasteiger partial charge is 0.339 e. The SMILES string of the molecule is Cc1cc2c(Nc3cc(F)ccc3C)ncnc2s1. The van der Waals surface area contributed by atoms with E-state index in [1.165, 1.54) is 23.3 Å². The van der Waals surface area contributed by atoms with E-state index in [4.69, 9.17) is 0 Å². The van der Waals surface area contributed by atoms with Gasteiger partial charge < -0.3 is 5.32 Å². The minimum atomic E-state index is -0.264. The molecule has 2 aromatic heterocycles. The van der Waals surface area contributed by atoms with Crippen LogP contribution in [-0.4, -0.2) is 9.97 Å². The van der Waals surface area contributed by atoms with E-state index in [0.29, 0.717) is 5.82 Å². The summed E-state index contributed by atoms with van der Waals surface area (Å²) in [6, 6.07) is 6.71. The molecule has 0 unspecified atom stereocenters. The molecule has 2 heterocycles. The number of nitrogens with one attached hydrogen (secondary N) is 1. The average Bonchev–Trinajstić information content (AvgIpc) is 2.75. The number of benzene rings is 1. The van der Waals surface area contributed by atoms with Crippen LogP contribution in [0, 0.1) is 19.7 Å². The first-order valence-electron chi connectivity index (χ1n) is 5.88. The number of anilines is 2. The van der Waals surface area contributed by atoms with Gasteiger partial charge in [-0.1, -0.05) is 6.07 Å². The van der Waals surface area contributed by atoms with E-state index < -0.39 is 0 Å². The molecule has 0 bridgehead atoms. The maximum atomic E-state index is 13.3. The molecule has 1 N–H and O–H groups in total. The van der Waals surface area contributed by atoms with Gasteiger partial charge in [0.05, 0.1) is 5.39 Å². The Morgan fingerprint density at radius 1 is 1.16 bits per heavy atom. The number of nitrogens with zero attached hydrogens (tertiary/aromatic N) is 2. The number of thiophene rings is 1. The highest BCUT2D eigenvalue weighted by Gasteiger charge is 2.08. The molecule has 3 rings (SSSR count). The summed E-state index contributed by atoms with van der Waals surface area (Å²) in [6.07, 6.45) is 1.52. The highest BCUT2D eigenvalue weighted by Crippen LogP contribution is 2.30. The maximum Gasteiger partial charge on any atom is 0.142 e. The summed E-state index contributed by atoms with van der Waals surface area (Å²) in [5.74, 6) is 0.447. The zero-order chi connectivity index (χ0) is 13.4. The number of aromatic nitrogens is 2. The molecular formula is C14H12FN3S. The van der Waals surface area contributed by atoms with Crippen LogP contribution in [0.15, 0.2) is 30.6 Å². The van der Waals surface area contributed by atoms with E-state index in [2.05, 4.69) is 15.3 Å². The second kappa shape index (κ2) is 4.59. The van der Waals surface area contributed by atoms with Crippen LogP contribution >= 0.6 is 11.3 Å². The third-order valence-corrected chi connectivity index (χ3v) is 3.86. The van der Waals surface area contributed by atoms with Gasteiger partial charge >= 0.3 is 0 Å². The van der Waals surface area contributed by atoms with Crippen molar-refractivity contribution in [3.05, 3.63) is 46.9 Å². The molecule has 0 radical (unpaired) electrons. The molecule has 3 aromatic rings. The van der Waals surface area contributed by atoms with Gasteiger partial charge in [-0.3, -0.25) is 0 Å². The van der Waals surface area contributed by atoms with Crippen LogP contribution in [-0.2, 0) is 0 Å². The normalized spacial score (nSPS) is 10.9. The minimum absolute atomic E-state index is 0.264. The van der Waals surface area contributed by atoms with Crippen molar-refractivity contribution in [3.8, 4) is 0 Å². The lowest BCUT2D eigenvalue weighted by Crippen LogP contribution is -1.97. The predicted octanol–water partition coefficient (Wildman–Crippen LogP) is 4.19. The van der Waals surface area contributed by atoms with Crippen molar-refractivity contribution in [2.45, 2.75) is 13.8 Å². The van der Waals surface area contributed by atoms with Gasteiger partial charge in [-0.2, -0.15) is 0 Å². The smallest absolute Gasteiger partial charge is 0.142 e. The quantitative estimate of drug-likeness (QED) is 0.760. The van der Waals surface area contributed by atoms with Gasteiger partial charge in [0.25, 0.3) is 0 Å². The monoisotopic (exact) mass is 273 g/mol. The van der Waals surface area contributed by atoms with E-state index in [1.807, 2.05) is 19.9 Å². The summed E-state index contributed by atoms with van der Waals surface area (Å²) >= 11 is 1.62. The second-order valence-electron chi connectivity index (χ2n) is 4.38. The second-order valence-corrected chi connectivity index (χ2v) is 5.62. The summed E-state index contributed by atoms with van der Waals surface area (Å²) in [7, 11) is 0.